The first kappa shape index (κ1) is 20.4. The highest BCUT2D eigenvalue weighted by molar-refractivity contribution is 5.78. The molecule has 2 saturated heterocycles. The summed E-state index contributed by atoms with van der Waals surface area (Å²) in [6.07, 6.45) is 3.01. The van der Waals surface area contributed by atoms with Crippen molar-refractivity contribution in [2.45, 2.75) is 72.9 Å². The third-order valence-electron chi connectivity index (χ3n) is 3.72. The second kappa shape index (κ2) is 12.0. The summed E-state index contributed by atoms with van der Waals surface area (Å²) < 4.78 is 5.33. The number of carbonyl (C=O) groups is 1. The molecule has 0 aliphatic carbocycles. The van der Waals surface area contributed by atoms with Gasteiger partial charge in [-0.3, -0.25) is 9.69 Å². The van der Waals surface area contributed by atoms with Crippen molar-refractivity contribution >= 4 is 5.91 Å². The van der Waals surface area contributed by atoms with Crippen LogP contribution in [0.15, 0.2) is 0 Å². The summed E-state index contributed by atoms with van der Waals surface area (Å²) in [5.74, 6) is 0.324. The van der Waals surface area contributed by atoms with Gasteiger partial charge >= 0.3 is 0 Å². The molecule has 2 heterocycles. The van der Waals surface area contributed by atoms with Crippen molar-refractivity contribution in [3.63, 3.8) is 0 Å². The first-order chi connectivity index (χ1) is 10.0. The molecular formula is C17H36N2O2. The molecule has 21 heavy (non-hydrogen) atoms. The smallest absolute Gasteiger partial charge is 0.222 e. The highest BCUT2D eigenvalue weighted by atomic mass is 16.5. The summed E-state index contributed by atoms with van der Waals surface area (Å²) in [7, 11) is 0. The fraction of sp³-hybridized carbons (Fsp3) is 0.941. The van der Waals surface area contributed by atoms with E-state index in [2.05, 4.69) is 32.6 Å². The van der Waals surface area contributed by atoms with Crippen molar-refractivity contribution < 1.29 is 9.53 Å². The minimum absolute atomic E-state index is 0.324. The molecule has 0 spiro atoms. The van der Waals surface area contributed by atoms with Crippen LogP contribution in [0.5, 0.6) is 0 Å². The van der Waals surface area contributed by atoms with Gasteiger partial charge in [-0.05, 0) is 40.5 Å². The number of amides is 1. The van der Waals surface area contributed by atoms with E-state index in [-0.39, 0.29) is 0 Å². The summed E-state index contributed by atoms with van der Waals surface area (Å²) in [5, 5.41) is 0. The second-order valence-electron chi connectivity index (χ2n) is 5.88. The maximum Gasteiger partial charge on any atom is 0.222 e. The fourth-order valence-electron chi connectivity index (χ4n) is 2.50. The lowest BCUT2D eigenvalue weighted by molar-refractivity contribution is -0.129. The van der Waals surface area contributed by atoms with Crippen LogP contribution >= 0.6 is 0 Å². The molecular weight excluding hydrogens is 264 g/mol. The Morgan fingerprint density at radius 3 is 2.00 bits per heavy atom. The predicted molar refractivity (Wildman–Crippen MR) is 89.6 cm³/mol. The van der Waals surface area contributed by atoms with Gasteiger partial charge in [0.1, 0.15) is 0 Å². The summed E-state index contributed by atoms with van der Waals surface area (Å²) in [6, 6.07) is 1.08. The van der Waals surface area contributed by atoms with E-state index >= 15 is 0 Å². The zero-order valence-electron chi connectivity index (χ0n) is 15.0. The third kappa shape index (κ3) is 8.42. The van der Waals surface area contributed by atoms with E-state index in [9.17, 15) is 4.79 Å². The molecule has 0 N–H and O–H groups in total. The topological polar surface area (TPSA) is 32.8 Å². The Bertz CT molecular complexity index is 260. The van der Waals surface area contributed by atoms with Gasteiger partial charge in [0.05, 0.1) is 6.61 Å². The molecule has 2 rings (SSSR count). The van der Waals surface area contributed by atoms with Crippen LogP contribution in [0.1, 0.15) is 60.8 Å². The van der Waals surface area contributed by atoms with Crippen molar-refractivity contribution in [3.05, 3.63) is 0 Å². The largest absolute Gasteiger partial charge is 0.380 e. The van der Waals surface area contributed by atoms with E-state index in [0.717, 1.165) is 39.1 Å². The van der Waals surface area contributed by atoms with Gasteiger partial charge in [-0.25, -0.2) is 0 Å². The average Bonchev–Trinajstić information content (AvgIpc) is 2.73. The Hall–Kier alpha value is -0.610. The van der Waals surface area contributed by atoms with Gasteiger partial charge in [0, 0.05) is 44.7 Å². The van der Waals surface area contributed by atoms with Crippen LogP contribution in [0, 0.1) is 0 Å². The quantitative estimate of drug-likeness (QED) is 0.785. The normalized spacial score (nSPS) is 19.8. The molecule has 0 saturated carbocycles. The molecule has 2 aliphatic heterocycles. The van der Waals surface area contributed by atoms with Crippen LogP contribution < -0.4 is 0 Å². The van der Waals surface area contributed by atoms with E-state index in [1.807, 2.05) is 18.7 Å². The Morgan fingerprint density at radius 1 is 0.905 bits per heavy atom. The van der Waals surface area contributed by atoms with Crippen molar-refractivity contribution in [3.8, 4) is 0 Å². The molecule has 1 amide bonds. The van der Waals surface area contributed by atoms with Crippen LogP contribution in [0.3, 0.4) is 0 Å². The molecule has 0 bridgehead atoms. The molecule has 0 aromatic carbocycles. The molecule has 0 radical (unpaired) electrons. The number of ether oxygens (including phenoxy) is 1. The summed E-state index contributed by atoms with van der Waals surface area (Å²) in [5.41, 5.74) is 0. The Labute approximate surface area is 131 Å². The van der Waals surface area contributed by atoms with Crippen LogP contribution in [-0.4, -0.2) is 60.6 Å². The van der Waals surface area contributed by atoms with E-state index in [4.69, 9.17) is 4.74 Å². The van der Waals surface area contributed by atoms with E-state index in [0.29, 0.717) is 18.0 Å². The van der Waals surface area contributed by atoms with Crippen molar-refractivity contribution in [1.82, 2.24) is 9.80 Å². The van der Waals surface area contributed by atoms with Gasteiger partial charge in [0.2, 0.25) is 5.91 Å². The Morgan fingerprint density at radius 2 is 1.57 bits per heavy atom. The van der Waals surface area contributed by atoms with Gasteiger partial charge in [-0.15, -0.1) is 0 Å². The SMILES string of the molecule is CC.CC(C)N1CCCC1=O.CC(C)N1CCCOCC1. The first-order valence-corrected chi connectivity index (χ1v) is 8.63. The van der Waals surface area contributed by atoms with E-state index in [1.165, 1.54) is 13.0 Å². The van der Waals surface area contributed by atoms with Crippen LogP contribution in [0.4, 0.5) is 0 Å². The molecule has 2 aliphatic rings. The summed E-state index contributed by atoms with van der Waals surface area (Å²) in [6.45, 7) is 17.7. The van der Waals surface area contributed by atoms with Gasteiger partial charge in [-0.1, -0.05) is 13.8 Å². The first-order valence-electron chi connectivity index (χ1n) is 8.63. The molecule has 0 atom stereocenters. The zero-order valence-corrected chi connectivity index (χ0v) is 15.0. The summed E-state index contributed by atoms with van der Waals surface area (Å²) >= 11 is 0. The van der Waals surface area contributed by atoms with Gasteiger partial charge < -0.3 is 9.64 Å². The molecule has 0 unspecified atom stereocenters. The van der Waals surface area contributed by atoms with Gasteiger partial charge in [0.25, 0.3) is 0 Å². The lowest BCUT2D eigenvalue weighted by atomic mass is 10.3. The van der Waals surface area contributed by atoms with Gasteiger partial charge in [0.15, 0.2) is 0 Å². The maximum absolute atomic E-state index is 10.9. The number of rotatable bonds is 2. The van der Waals surface area contributed by atoms with E-state index in [1.54, 1.807) is 0 Å². The molecule has 126 valence electrons. The van der Waals surface area contributed by atoms with Crippen LogP contribution in [0.2, 0.25) is 0 Å². The highest BCUT2D eigenvalue weighted by Gasteiger charge is 2.21. The molecule has 4 nitrogen and oxygen atoms in total. The van der Waals surface area contributed by atoms with E-state index < -0.39 is 0 Å². The zero-order chi connectivity index (χ0) is 16.3. The standard InChI is InChI=1S/C8H17NO.C7H13NO.C2H6/c1-8(2)9-4-3-6-10-7-5-9;1-6(2)8-5-3-4-7(8)9;1-2/h8H,3-7H2,1-2H3;6H,3-5H2,1-2H3;1-2H3. The highest BCUT2D eigenvalue weighted by Crippen LogP contribution is 2.12. The monoisotopic (exact) mass is 300 g/mol. The minimum atomic E-state index is 0.324. The van der Waals surface area contributed by atoms with Crippen LogP contribution in [-0.2, 0) is 9.53 Å². The number of hydrogen-bond donors (Lipinski definition) is 0. The van der Waals surface area contributed by atoms with Gasteiger partial charge in [-0.2, -0.15) is 0 Å². The Balaban J connectivity index is 0.000000342. The number of nitrogens with zero attached hydrogens (tertiary/aromatic N) is 2. The third-order valence-corrected chi connectivity index (χ3v) is 3.72. The lowest BCUT2D eigenvalue weighted by Gasteiger charge is -2.23. The van der Waals surface area contributed by atoms with Crippen molar-refractivity contribution in [2.75, 3.05) is 32.8 Å². The molecule has 0 aromatic rings. The number of likely N-dealkylation sites (tertiary alicyclic amines) is 1. The van der Waals surface area contributed by atoms with Crippen molar-refractivity contribution in [1.29, 1.82) is 0 Å². The maximum atomic E-state index is 10.9. The predicted octanol–water partition coefficient (Wildman–Crippen LogP) is 3.16. The molecule has 4 heteroatoms. The number of carbonyl (C=O) groups excluding carboxylic acids is 1. The number of hydrogen-bond acceptors (Lipinski definition) is 3. The minimum Gasteiger partial charge on any atom is -0.380 e. The fourth-order valence-corrected chi connectivity index (χ4v) is 2.50. The van der Waals surface area contributed by atoms with Crippen molar-refractivity contribution in [2.24, 2.45) is 0 Å². The molecule has 0 aromatic heterocycles. The average molecular weight is 300 g/mol. The lowest BCUT2D eigenvalue weighted by Crippen LogP contribution is -2.32. The summed E-state index contributed by atoms with van der Waals surface area (Å²) in [4.78, 5) is 15.3. The Kier molecular flexibility index (Phi) is 11.6. The molecule has 2 fully saturated rings. The second-order valence-corrected chi connectivity index (χ2v) is 5.88. The van der Waals surface area contributed by atoms with Crippen LogP contribution in [0.25, 0.3) is 0 Å².